The molecule has 1 rings (SSSR count). The molecular weight excluding hydrogens is 246 g/mol. The van der Waals surface area contributed by atoms with E-state index in [0.29, 0.717) is 6.04 Å². The fourth-order valence-electron chi connectivity index (χ4n) is 3.07. The van der Waals surface area contributed by atoms with Crippen LogP contribution in [0.4, 0.5) is 0 Å². The molecule has 0 saturated heterocycles. The summed E-state index contributed by atoms with van der Waals surface area (Å²) in [6.07, 6.45) is 2.51. The highest BCUT2D eigenvalue weighted by molar-refractivity contribution is 5.27. The highest BCUT2D eigenvalue weighted by atomic mass is 16.5. The molecule has 2 nitrogen and oxygen atoms in total. The summed E-state index contributed by atoms with van der Waals surface area (Å²) in [6, 6.07) is 11.2. The molecule has 0 radical (unpaired) electrons. The van der Waals surface area contributed by atoms with Crippen LogP contribution < -0.4 is 5.32 Å². The lowest BCUT2D eigenvalue weighted by Gasteiger charge is -2.41. The Balaban J connectivity index is 3.05. The van der Waals surface area contributed by atoms with E-state index in [1.165, 1.54) is 5.56 Å². The molecule has 0 aliphatic heterocycles. The molecule has 0 aliphatic carbocycles. The maximum absolute atomic E-state index is 5.93. The van der Waals surface area contributed by atoms with Crippen molar-refractivity contribution < 1.29 is 4.74 Å². The summed E-state index contributed by atoms with van der Waals surface area (Å²) >= 11 is 0. The minimum absolute atomic E-state index is 0.145. The van der Waals surface area contributed by atoms with E-state index in [1.54, 1.807) is 0 Å². The van der Waals surface area contributed by atoms with Crippen LogP contribution in [0.3, 0.4) is 0 Å². The fourth-order valence-corrected chi connectivity index (χ4v) is 3.07. The molecule has 1 N–H and O–H groups in total. The van der Waals surface area contributed by atoms with E-state index >= 15 is 0 Å². The van der Waals surface area contributed by atoms with E-state index < -0.39 is 0 Å². The fraction of sp³-hybridized carbons (Fsp3) is 0.667. The topological polar surface area (TPSA) is 21.3 Å². The largest absolute Gasteiger partial charge is 0.377 e. The first-order valence-electron chi connectivity index (χ1n) is 8.01. The van der Waals surface area contributed by atoms with Gasteiger partial charge in [-0.2, -0.15) is 0 Å². The normalized spacial score (nSPS) is 13.7. The van der Waals surface area contributed by atoms with E-state index in [9.17, 15) is 0 Å². The Morgan fingerprint density at radius 1 is 1.05 bits per heavy atom. The standard InChI is InChI=1S/C18H31NO/c1-6-18(7-2,16-12-10-9-11-13-16)17(19-8-3)14-20-15(4)5/h9-13,15,17,19H,6-8,14H2,1-5H3. The third-order valence-electron chi connectivity index (χ3n) is 4.32. The van der Waals surface area contributed by atoms with E-state index in [1.807, 2.05) is 0 Å². The minimum atomic E-state index is 0.145. The van der Waals surface area contributed by atoms with Crippen molar-refractivity contribution >= 4 is 0 Å². The number of hydrogen-bond donors (Lipinski definition) is 1. The Bertz CT molecular complexity index is 357. The lowest BCUT2D eigenvalue weighted by atomic mass is 9.70. The molecule has 1 unspecified atom stereocenters. The van der Waals surface area contributed by atoms with E-state index in [4.69, 9.17) is 4.74 Å². The van der Waals surface area contributed by atoms with Gasteiger partial charge in [0, 0.05) is 11.5 Å². The van der Waals surface area contributed by atoms with Gasteiger partial charge < -0.3 is 10.1 Å². The number of nitrogens with one attached hydrogen (secondary N) is 1. The Morgan fingerprint density at radius 3 is 2.10 bits per heavy atom. The van der Waals surface area contributed by atoms with Gasteiger partial charge in [-0.1, -0.05) is 51.1 Å². The van der Waals surface area contributed by atoms with E-state index in [2.05, 4.69) is 70.3 Å². The second kappa shape index (κ2) is 8.43. The molecule has 114 valence electrons. The van der Waals surface area contributed by atoms with Gasteiger partial charge in [0.2, 0.25) is 0 Å². The summed E-state index contributed by atoms with van der Waals surface area (Å²) in [6.45, 7) is 12.7. The van der Waals surface area contributed by atoms with Gasteiger partial charge in [0.05, 0.1) is 12.7 Å². The summed E-state index contributed by atoms with van der Waals surface area (Å²) in [5, 5.41) is 3.65. The molecule has 0 fully saturated rings. The van der Waals surface area contributed by atoms with Crippen molar-refractivity contribution in [2.24, 2.45) is 0 Å². The average molecular weight is 277 g/mol. The van der Waals surface area contributed by atoms with Crippen molar-refractivity contribution in [3.05, 3.63) is 35.9 Å². The van der Waals surface area contributed by atoms with Crippen LogP contribution in [-0.2, 0) is 10.2 Å². The lowest BCUT2D eigenvalue weighted by Crippen LogP contribution is -2.51. The van der Waals surface area contributed by atoms with Gasteiger partial charge in [-0.05, 0) is 38.8 Å². The summed E-state index contributed by atoms with van der Waals surface area (Å²) in [7, 11) is 0. The lowest BCUT2D eigenvalue weighted by molar-refractivity contribution is 0.0396. The number of hydrogen-bond acceptors (Lipinski definition) is 2. The maximum Gasteiger partial charge on any atom is 0.0631 e. The minimum Gasteiger partial charge on any atom is -0.377 e. The second-order valence-corrected chi connectivity index (χ2v) is 5.72. The molecule has 0 saturated carbocycles. The van der Waals surface area contributed by atoms with Gasteiger partial charge in [0.25, 0.3) is 0 Å². The predicted molar refractivity (Wildman–Crippen MR) is 87.3 cm³/mol. The van der Waals surface area contributed by atoms with Gasteiger partial charge in [-0.15, -0.1) is 0 Å². The predicted octanol–water partition coefficient (Wildman–Crippen LogP) is 4.15. The summed E-state index contributed by atoms with van der Waals surface area (Å²) in [5.74, 6) is 0. The van der Waals surface area contributed by atoms with Gasteiger partial charge in [0.1, 0.15) is 0 Å². The Labute approximate surface area is 124 Å². The van der Waals surface area contributed by atoms with Crippen molar-refractivity contribution in [2.45, 2.75) is 65.0 Å². The zero-order valence-corrected chi connectivity index (χ0v) is 13.8. The van der Waals surface area contributed by atoms with Crippen LogP contribution in [0.5, 0.6) is 0 Å². The first kappa shape index (κ1) is 17.2. The van der Waals surface area contributed by atoms with E-state index in [0.717, 1.165) is 26.0 Å². The van der Waals surface area contributed by atoms with Crippen LogP contribution in [-0.4, -0.2) is 25.3 Å². The van der Waals surface area contributed by atoms with E-state index in [-0.39, 0.29) is 11.5 Å². The highest BCUT2D eigenvalue weighted by Crippen LogP contribution is 2.35. The second-order valence-electron chi connectivity index (χ2n) is 5.72. The first-order chi connectivity index (χ1) is 9.60. The summed E-state index contributed by atoms with van der Waals surface area (Å²) < 4.78 is 5.93. The van der Waals surface area contributed by atoms with Gasteiger partial charge in [-0.3, -0.25) is 0 Å². The molecule has 1 aromatic carbocycles. The van der Waals surface area contributed by atoms with Crippen molar-refractivity contribution in [3.63, 3.8) is 0 Å². The molecule has 0 aliphatic rings. The quantitative estimate of drug-likeness (QED) is 0.732. The Kier molecular flexibility index (Phi) is 7.25. The molecule has 0 aromatic heterocycles. The van der Waals surface area contributed by atoms with Crippen LogP contribution in [0, 0.1) is 0 Å². The van der Waals surface area contributed by atoms with Crippen LogP contribution in [0.25, 0.3) is 0 Å². The molecule has 0 spiro atoms. The van der Waals surface area contributed by atoms with Gasteiger partial charge >= 0.3 is 0 Å². The van der Waals surface area contributed by atoms with Crippen LogP contribution in [0.1, 0.15) is 53.0 Å². The molecule has 2 heteroatoms. The van der Waals surface area contributed by atoms with Crippen molar-refractivity contribution in [1.82, 2.24) is 5.32 Å². The maximum atomic E-state index is 5.93. The molecular formula is C18H31NO. The smallest absolute Gasteiger partial charge is 0.0631 e. The Morgan fingerprint density at radius 2 is 1.65 bits per heavy atom. The monoisotopic (exact) mass is 277 g/mol. The molecule has 0 amide bonds. The zero-order chi connectivity index (χ0) is 15.0. The third-order valence-corrected chi connectivity index (χ3v) is 4.32. The average Bonchev–Trinajstić information content (AvgIpc) is 2.47. The molecule has 0 heterocycles. The van der Waals surface area contributed by atoms with Crippen LogP contribution >= 0.6 is 0 Å². The SMILES string of the molecule is CCNC(COC(C)C)C(CC)(CC)c1ccccc1. The van der Waals surface area contributed by atoms with Crippen LogP contribution in [0.2, 0.25) is 0 Å². The third kappa shape index (κ3) is 4.07. The molecule has 1 aromatic rings. The first-order valence-corrected chi connectivity index (χ1v) is 8.01. The number of rotatable bonds is 9. The molecule has 0 bridgehead atoms. The Hall–Kier alpha value is -0.860. The highest BCUT2D eigenvalue weighted by Gasteiger charge is 2.37. The zero-order valence-electron chi connectivity index (χ0n) is 13.8. The number of benzene rings is 1. The van der Waals surface area contributed by atoms with Crippen molar-refractivity contribution in [2.75, 3.05) is 13.2 Å². The summed E-state index contributed by atoms with van der Waals surface area (Å²) in [4.78, 5) is 0. The molecule has 1 atom stereocenters. The number of likely N-dealkylation sites (N-methyl/N-ethyl adjacent to an activating group) is 1. The van der Waals surface area contributed by atoms with Crippen molar-refractivity contribution in [1.29, 1.82) is 0 Å². The van der Waals surface area contributed by atoms with Crippen molar-refractivity contribution in [3.8, 4) is 0 Å². The van der Waals surface area contributed by atoms with Crippen LogP contribution in [0.15, 0.2) is 30.3 Å². The number of ether oxygens (including phenoxy) is 1. The molecule has 20 heavy (non-hydrogen) atoms. The summed E-state index contributed by atoms with van der Waals surface area (Å²) in [5.41, 5.74) is 1.56. The van der Waals surface area contributed by atoms with Gasteiger partial charge in [0.15, 0.2) is 0 Å². The van der Waals surface area contributed by atoms with Gasteiger partial charge in [-0.25, -0.2) is 0 Å².